The number of rotatable bonds is 3. The molecule has 2 aliphatic rings. The summed E-state index contributed by atoms with van der Waals surface area (Å²) >= 11 is 0. The fourth-order valence-corrected chi connectivity index (χ4v) is 4.66. The van der Waals surface area contributed by atoms with Gasteiger partial charge in [0.15, 0.2) is 0 Å². The maximum Gasteiger partial charge on any atom is 0.410 e. The van der Waals surface area contributed by atoms with Crippen molar-refractivity contribution < 1.29 is 14.3 Å². The van der Waals surface area contributed by atoms with E-state index >= 15 is 0 Å². The summed E-state index contributed by atoms with van der Waals surface area (Å²) < 4.78 is 5.61. The van der Waals surface area contributed by atoms with E-state index in [1.54, 1.807) is 11.0 Å². The lowest BCUT2D eigenvalue weighted by atomic mass is 9.60. The number of hydrogen-bond acceptors (Lipinski definition) is 4. The van der Waals surface area contributed by atoms with Gasteiger partial charge in [0.05, 0.1) is 17.7 Å². The smallest absolute Gasteiger partial charge is 0.410 e. The molecule has 29 heavy (non-hydrogen) atoms. The molecule has 1 aliphatic heterocycles. The quantitative estimate of drug-likeness (QED) is 0.765. The molecule has 2 fully saturated rings. The van der Waals surface area contributed by atoms with E-state index in [0.29, 0.717) is 30.7 Å². The van der Waals surface area contributed by atoms with Crippen molar-refractivity contribution in [2.45, 2.75) is 45.3 Å². The van der Waals surface area contributed by atoms with Crippen LogP contribution in [0.5, 0.6) is 0 Å². The van der Waals surface area contributed by atoms with Crippen LogP contribution < -0.4 is 0 Å². The molecule has 4 rings (SSSR count). The number of hydrogen-bond donors (Lipinski definition) is 0. The first-order valence-electron chi connectivity index (χ1n) is 9.99. The van der Waals surface area contributed by atoms with Crippen molar-refractivity contribution in [1.29, 1.82) is 5.26 Å². The minimum atomic E-state index is -0.330. The van der Waals surface area contributed by atoms with Crippen molar-refractivity contribution in [3.8, 4) is 6.07 Å². The van der Waals surface area contributed by atoms with Crippen LogP contribution in [-0.2, 0) is 16.1 Å². The molecule has 2 aromatic rings. The number of Topliss-reactive ketones (excluding diaryl/α,β-unsaturated/α-hetero) is 1. The average molecular weight is 388 g/mol. The van der Waals surface area contributed by atoms with Gasteiger partial charge in [0.2, 0.25) is 0 Å². The Morgan fingerprint density at radius 1 is 1.24 bits per heavy atom. The molecule has 1 atom stereocenters. The van der Waals surface area contributed by atoms with Crippen molar-refractivity contribution in [3.63, 3.8) is 0 Å². The van der Waals surface area contributed by atoms with Crippen LogP contribution in [0.2, 0.25) is 0 Å². The molecule has 0 bridgehead atoms. The number of carbonyl (C=O) groups excluding carboxylic acids is 2. The molecule has 148 valence electrons. The molecule has 1 aliphatic carbocycles. The molecule has 1 saturated carbocycles. The summed E-state index contributed by atoms with van der Waals surface area (Å²) in [6, 6.07) is 17.2. The van der Waals surface area contributed by atoms with Gasteiger partial charge in [0.1, 0.15) is 12.4 Å². The van der Waals surface area contributed by atoms with E-state index in [-0.39, 0.29) is 24.2 Å². The van der Waals surface area contributed by atoms with Crippen LogP contribution in [-0.4, -0.2) is 23.3 Å². The number of benzene rings is 2. The highest BCUT2D eigenvalue weighted by molar-refractivity contribution is 5.86. The monoisotopic (exact) mass is 388 g/mol. The minimum absolute atomic E-state index is 0.00169. The summed E-state index contributed by atoms with van der Waals surface area (Å²) in [7, 11) is 0. The fourth-order valence-electron chi connectivity index (χ4n) is 4.66. The number of piperidine rings is 1. The van der Waals surface area contributed by atoms with E-state index < -0.39 is 0 Å². The second kappa shape index (κ2) is 7.71. The molecule has 1 amide bonds. The van der Waals surface area contributed by atoms with Crippen molar-refractivity contribution in [2.24, 2.45) is 5.41 Å². The maximum atomic E-state index is 13.0. The SMILES string of the molecule is Cc1cc(C#N)ccc1C1CC2(CCN1C(=O)OCc1ccccc1)CC(=O)C2. The van der Waals surface area contributed by atoms with Crippen LogP contribution in [0.15, 0.2) is 48.5 Å². The molecule has 1 saturated heterocycles. The lowest BCUT2D eigenvalue weighted by Crippen LogP contribution is -2.50. The van der Waals surface area contributed by atoms with Crippen LogP contribution in [0.3, 0.4) is 0 Å². The second-order valence-electron chi connectivity index (χ2n) is 8.28. The first kappa shape index (κ1) is 19.2. The van der Waals surface area contributed by atoms with E-state index in [4.69, 9.17) is 10.00 Å². The van der Waals surface area contributed by atoms with Gasteiger partial charge in [0.25, 0.3) is 0 Å². The molecule has 0 N–H and O–H groups in total. The Balaban J connectivity index is 1.56. The maximum absolute atomic E-state index is 13.0. The van der Waals surface area contributed by atoms with Gasteiger partial charge in [-0.3, -0.25) is 4.79 Å². The molecule has 0 radical (unpaired) electrons. The van der Waals surface area contributed by atoms with E-state index in [1.807, 2.05) is 49.4 Å². The number of nitrogens with zero attached hydrogens (tertiary/aromatic N) is 2. The predicted molar refractivity (Wildman–Crippen MR) is 108 cm³/mol. The van der Waals surface area contributed by atoms with Gasteiger partial charge in [-0.2, -0.15) is 5.26 Å². The lowest BCUT2D eigenvalue weighted by molar-refractivity contribution is -0.136. The molecular formula is C24H24N2O3. The van der Waals surface area contributed by atoms with E-state index in [0.717, 1.165) is 29.5 Å². The topological polar surface area (TPSA) is 70.4 Å². The molecule has 5 nitrogen and oxygen atoms in total. The Kier molecular flexibility index (Phi) is 5.10. The summed E-state index contributed by atoms with van der Waals surface area (Å²) in [6.07, 6.45) is 2.46. The Bertz CT molecular complexity index is 969. The van der Waals surface area contributed by atoms with Gasteiger partial charge in [-0.05, 0) is 54.0 Å². The van der Waals surface area contributed by atoms with Crippen molar-refractivity contribution in [3.05, 3.63) is 70.8 Å². The van der Waals surface area contributed by atoms with Gasteiger partial charge in [-0.15, -0.1) is 0 Å². The van der Waals surface area contributed by atoms with Crippen LogP contribution in [0.4, 0.5) is 4.79 Å². The van der Waals surface area contributed by atoms with Gasteiger partial charge in [-0.1, -0.05) is 36.4 Å². The van der Waals surface area contributed by atoms with Crippen LogP contribution in [0.1, 0.15) is 54.0 Å². The third kappa shape index (κ3) is 3.88. The number of carbonyl (C=O) groups is 2. The number of amides is 1. The zero-order valence-corrected chi connectivity index (χ0v) is 16.6. The van der Waals surface area contributed by atoms with Crippen LogP contribution >= 0.6 is 0 Å². The summed E-state index contributed by atoms with van der Waals surface area (Å²) in [5.41, 5.74) is 3.56. The summed E-state index contributed by atoms with van der Waals surface area (Å²) in [6.45, 7) is 2.78. The van der Waals surface area contributed by atoms with E-state index in [1.165, 1.54) is 0 Å². The van der Waals surface area contributed by atoms with E-state index in [2.05, 4.69) is 6.07 Å². The van der Waals surface area contributed by atoms with Crippen LogP contribution in [0.25, 0.3) is 0 Å². The summed E-state index contributed by atoms with van der Waals surface area (Å²) in [5.74, 6) is 0.306. The Labute approximate surface area is 170 Å². The number of likely N-dealkylation sites (tertiary alicyclic amines) is 1. The van der Waals surface area contributed by atoms with E-state index in [9.17, 15) is 9.59 Å². The minimum Gasteiger partial charge on any atom is -0.445 e. The Morgan fingerprint density at radius 3 is 2.66 bits per heavy atom. The Morgan fingerprint density at radius 2 is 2.00 bits per heavy atom. The normalized spacial score (nSPS) is 20.1. The van der Waals surface area contributed by atoms with Crippen molar-refractivity contribution in [1.82, 2.24) is 4.90 Å². The Hall–Kier alpha value is -3.13. The fraction of sp³-hybridized carbons (Fsp3) is 0.375. The number of ketones is 1. The molecular weight excluding hydrogens is 364 g/mol. The second-order valence-corrected chi connectivity index (χ2v) is 8.28. The largest absolute Gasteiger partial charge is 0.445 e. The highest BCUT2D eigenvalue weighted by Gasteiger charge is 2.50. The van der Waals surface area contributed by atoms with Crippen molar-refractivity contribution in [2.75, 3.05) is 6.54 Å². The highest BCUT2D eigenvalue weighted by Crippen LogP contribution is 2.52. The van der Waals surface area contributed by atoms with Gasteiger partial charge in [-0.25, -0.2) is 4.79 Å². The van der Waals surface area contributed by atoms with Crippen LogP contribution in [0, 0.1) is 23.7 Å². The molecule has 5 heteroatoms. The molecule has 1 spiro atoms. The van der Waals surface area contributed by atoms with Gasteiger partial charge < -0.3 is 9.64 Å². The number of nitriles is 1. The zero-order chi connectivity index (χ0) is 20.4. The first-order valence-corrected chi connectivity index (χ1v) is 9.99. The first-order chi connectivity index (χ1) is 14.0. The third-order valence-electron chi connectivity index (χ3n) is 6.23. The molecule has 1 heterocycles. The standard InChI is InChI=1S/C24H24N2O3/c1-17-11-19(15-25)7-8-21(17)22-14-24(12-20(27)13-24)9-10-26(22)23(28)29-16-18-5-3-2-4-6-18/h2-8,11,22H,9-10,12-14,16H2,1H3. The van der Waals surface area contributed by atoms with Gasteiger partial charge >= 0.3 is 6.09 Å². The van der Waals surface area contributed by atoms with Crippen molar-refractivity contribution >= 4 is 11.9 Å². The predicted octanol–water partition coefficient (Wildman–Crippen LogP) is 4.69. The molecule has 2 aromatic carbocycles. The summed E-state index contributed by atoms with van der Waals surface area (Å²) in [5, 5.41) is 9.17. The third-order valence-corrected chi connectivity index (χ3v) is 6.23. The molecule has 1 unspecified atom stereocenters. The highest BCUT2D eigenvalue weighted by atomic mass is 16.6. The summed E-state index contributed by atoms with van der Waals surface area (Å²) in [4.78, 5) is 26.5. The number of aryl methyl sites for hydroxylation is 1. The zero-order valence-electron chi connectivity index (χ0n) is 16.6. The average Bonchev–Trinajstić information content (AvgIpc) is 2.71. The molecule has 0 aromatic heterocycles. The van der Waals surface area contributed by atoms with Gasteiger partial charge in [0, 0.05) is 19.4 Å². The lowest BCUT2D eigenvalue weighted by Gasteiger charge is -2.50. The number of ether oxygens (including phenoxy) is 1.